The van der Waals surface area contributed by atoms with Crippen LogP contribution in [0.3, 0.4) is 0 Å². The van der Waals surface area contributed by atoms with Crippen molar-refractivity contribution in [1.82, 2.24) is 5.32 Å². The molecule has 0 aromatic heterocycles. The van der Waals surface area contributed by atoms with Crippen molar-refractivity contribution < 1.29 is 0 Å². The van der Waals surface area contributed by atoms with E-state index in [-0.39, 0.29) is 0 Å². The standard InChI is InChI=1S/C14H27N/c1-14(11-15-2,13-8-9-13)10-12-6-4-3-5-7-12/h12-13,15H,3-11H2,1-2H3. The number of hydrogen-bond donors (Lipinski definition) is 1. The minimum atomic E-state index is 0.608. The molecule has 2 rings (SSSR count). The molecular weight excluding hydrogens is 182 g/mol. The highest BCUT2D eigenvalue weighted by molar-refractivity contribution is 4.93. The van der Waals surface area contributed by atoms with Crippen LogP contribution in [0.1, 0.15) is 58.3 Å². The molecule has 0 aromatic rings. The molecule has 0 heterocycles. The summed E-state index contributed by atoms with van der Waals surface area (Å²) in [6, 6.07) is 0. The van der Waals surface area contributed by atoms with Crippen LogP contribution in [0, 0.1) is 17.3 Å². The molecule has 1 N–H and O–H groups in total. The largest absolute Gasteiger partial charge is 0.319 e. The van der Waals surface area contributed by atoms with Crippen LogP contribution in [-0.4, -0.2) is 13.6 Å². The van der Waals surface area contributed by atoms with Gasteiger partial charge in [0.05, 0.1) is 0 Å². The van der Waals surface area contributed by atoms with Crippen LogP contribution in [-0.2, 0) is 0 Å². The summed E-state index contributed by atoms with van der Waals surface area (Å²) < 4.78 is 0. The van der Waals surface area contributed by atoms with Gasteiger partial charge in [-0.3, -0.25) is 0 Å². The monoisotopic (exact) mass is 209 g/mol. The zero-order valence-electron chi connectivity index (χ0n) is 10.5. The second-order valence-corrected chi connectivity index (χ2v) is 6.17. The van der Waals surface area contributed by atoms with E-state index in [2.05, 4.69) is 19.3 Å². The van der Waals surface area contributed by atoms with Gasteiger partial charge < -0.3 is 5.32 Å². The van der Waals surface area contributed by atoms with Crippen molar-refractivity contribution in [3.8, 4) is 0 Å². The van der Waals surface area contributed by atoms with Crippen LogP contribution in [0.25, 0.3) is 0 Å². The Kier molecular flexibility index (Phi) is 3.71. The summed E-state index contributed by atoms with van der Waals surface area (Å²) >= 11 is 0. The van der Waals surface area contributed by atoms with Gasteiger partial charge in [-0.1, -0.05) is 39.0 Å². The van der Waals surface area contributed by atoms with Crippen LogP contribution in [0.4, 0.5) is 0 Å². The molecular formula is C14H27N. The van der Waals surface area contributed by atoms with Crippen molar-refractivity contribution in [3.05, 3.63) is 0 Å². The van der Waals surface area contributed by atoms with Crippen LogP contribution in [0.15, 0.2) is 0 Å². The maximum absolute atomic E-state index is 3.42. The summed E-state index contributed by atoms with van der Waals surface area (Å²) in [4.78, 5) is 0. The Morgan fingerprint density at radius 2 is 1.73 bits per heavy atom. The SMILES string of the molecule is CNCC(C)(CC1CCCCC1)C1CC1. The lowest BCUT2D eigenvalue weighted by molar-refractivity contribution is 0.172. The highest BCUT2D eigenvalue weighted by atomic mass is 14.8. The molecule has 2 saturated carbocycles. The molecule has 2 aliphatic carbocycles. The van der Waals surface area contributed by atoms with Crippen molar-refractivity contribution in [3.63, 3.8) is 0 Å². The Bertz CT molecular complexity index is 192. The Morgan fingerprint density at radius 1 is 1.07 bits per heavy atom. The maximum atomic E-state index is 3.42. The van der Waals surface area contributed by atoms with Gasteiger partial charge in [0.2, 0.25) is 0 Å². The maximum Gasteiger partial charge on any atom is 0.000491 e. The number of hydrogen-bond acceptors (Lipinski definition) is 1. The Labute approximate surface area is 95.0 Å². The van der Waals surface area contributed by atoms with E-state index in [9.17, 15) is 0 Å². The van der Waals surface area contributed by atoms with Gasteiger partial charge in [-0.05, 0) is 43.6 Å². The minimum absolute atomic E-state index is 0.608. The Hall–Kier alpha value is -0.0400. The summed E-state index contributed by atoms with van der Waals surface area (Å²) in [7, 11) is 2.11. The predicted molar refractivity (Wildman–Crippen MR) is 65.9 cm³/mol. The number of rotatable bonds is 5. The molecule has 2 fully saturated rings. The van der Waals surface area contributed by atoms with E-state index in [1.54, 1.807) is 0 Å². The Morgan fingerprint density at radius 3 is 2.27 bits per heavy atom. The predicted octanol–water partition coefficient (Wildman–Crippen LogP) is 3.59. The molecule has 1 atom stereocenters. The number of nitrogens with one attached hydrogen (secondary N) is 1. The smallest absolute Gasteiger partial charge is 0.000491 e. The van der Waals surface area contributed by atoms with E-state index >= 15 is 0 Å². The van der Waals surface area contributed by atoms with Crippen molar-refractivity contribution in [2.24, 2.45) is 17.3 Å². The lowest BCUT2D eigenvalue weighted by atomic mass is 9.72. The summed E-state index contributed by atoms with van der Waals surface area (Å²) in [5, 5.41) is 3.42. The third-order valence-corrected chi connectivity index (χ3v) is 4.62. The summed E-state index contributed by atoms with van der Waals surface area (Å²) in [5.41, 5.74) is 0.608. The van der Waals surface area contributed by atoms with E-state index in [0.29, 0.717) is 5.41 Å². The van der Waals surface area contributed by atoms with Gasteiger partial charge in [0.15, 0.2) is 0 Å². The average Bonchev–Trinajstić information content (AvgIpc) is 3.02. The van der Waals surface area contributed by atoms with Crippen molar-refractivity contribution in [1.29, 1.82) is 0 Å². The third kappa shape index (κ3) is 2.96. The highest BCUT2D eigenvalue weighted by Gasteiger charge is 2.42. The molecule has 2 aliphatic rings. The summed E-state index contributed by atoms with van der Waals surface area (Å²) in [6.45, 7) is 3.75. The first-order valence-corrected chi connectivity index (χ1v) is 6.89. The van der Waals surface area contributed by atoms with Gasteiger partial charge in [-0.2, -0.15) is 0 Å². The summed E-state index contributed by atoms with van der Waals surface area (Å²) in [6.07, 6.45) is 11.9. The fourth-order valence-electron chi connectivity index (χ4n) is 3.62. The molecule has 0 aromatic carbocycles. The summed E-state index contributed by atoms with van der Waals surface area (Å²) in [5.74, 6) is 2.07. The van der Waals surface area contributed by atoms with E-state index in [1.165, 1.54) is 57.9 Å². The van der Waals surface area contributed by atoms with Gasteiger partial charge in [-0.15, -0.1) is 0 Å². The average molecular weight is 209 g/mol. The molecule has 0 amide bonds. The molecule has 1 nitrogen and oxygen atoms in total. The zero-order chi connectivity index (χ0) is 10.7. The minimum Gasteiger partial charge on any atom is -0.319 e. The zero-order valence-corrected chi connectivity index (χ0v) is 10.5. The molecule has 15 heavy (non-hydrogen) atoms. The van der Waals surface area contributed by atoms with Crippen LogP contribution < -0.4 is 5.32 Å². The van der Waals surface area contributed by atoms with Crippen molar-refractivity contribution in [2.75, 3.05) is 13.6 Å². The van der Waals surface area contributed by atoms with E-state index in [1.807, 2.05) is 0 Å². The quantitative estimate of drug-likeness (QED) is 0.729. The van der Waals surface area contributed by atoms with Gasteiger partial charge in [0.1, 0.15) is 0 Å². The Balaban J connectivity index is 1.87. The van der Waals surface area contributed by atoms with Gasteiger partial charge >= 0.3 is 0 Å². The van der Waals surface area contributed by atoms with Crippen LogP contribution in [0.5, 0.6) is 0 Å². The van der Waals surface area contributed by atoms with Crippen LogP contribution in [0.2, 0.25) is 0 Å². The topological polar surface area (TPSA) is 12.0 Å². The second kappa shape index (κ2) is 4.86. The van der Waals surface area contributed by atoms with Crippen molar-refractivity contribution in [2.45, 2.75) is 58.3 Å². The lowest BCUT2D eigenvalue weighted by Crippen LogP contribution is -2.34. The molecule has 0 spiro atoms. The first kappa shape index (κ1) is 11.4. The first-order chi connectivity index (χ1) is 7.24. The molecule has 0 bridgehead atoms. The van der Waals surface area contributed by atoms with Gasteiger partial charge in [-0.25, -0.2) is 0 Å². The molecule has 88 valence electrons. The first-order valence-electron chi connectivity index (χ1n) is 6.89. The molecule has 1 unspecified atom stereocenters. The van der Waals surface area contributed by atoms with Gasteiger partial charge in [0.25, 0.3) is 0 Å². The third-order valence-electron chi connectivity index (χ3n) is 4.62. The van der Waals surface area contributed by atoms with Gasteiger partial charge in [0, 0.05) is 6.54 Å². The fourth-order valence-corrected chi connectivity index (χ4v) is 3.62. The molecule has 1 heteroatoms. The second-order valence-electron chi connectivity index (χ2n) is 6.17. The van der Waals surface area contributed by atoms with Crippen molar-refractivity contribution >= 4 is 0 Å². The normalized spacial score (nSPS) is 27.6. The molecule has 0 saturated heterocycles. The lowest BCUT2D eigenvalue weighted by Gasteiger charge is -2.35. The highest BCUT2D eigenvalue weighted by Crippen LogP contribution is 2.50. The van der Waals surface area contributed by atoms with E-state index in [4.69, 9.17) is 0 Å². The van der Waals surface area contributed by atoms with Crippen LogP contribution >= 0.6 is 0 Å². The molecule has 0 radical (unpaired) electrons. The fraction of sp³-hybridized carbons (Fsp3) is 1.00. The molecule has 0 aliphatic heterocycles. The van der Waals surface area contributed by atoms with E-state index < -0.39 is 0 Å². The van der Waals surface area contributed by atoms with E-state index in [0.717, 1.165) is 11.8 Å².